The zero-order valence-electron chi connectivity index (χ0n) is 11.4. The van der Waals surface area contributed by atoms with Crippen LogP contribution in [-0.2, 0) is 6.42 Å². The summed E-state index contributed by atoms with van der Waals surface area (Å²) in [5, 5.41) is 0. The van der Waals surface area contributed by atoms with Crippen LogP contribution in [0.15, 0.2) is 18.2 Å². The highest BCUT2D eigenvalue weighted by molar-refractivity contribution is 5.57. The van der Waals surface area contributed by atoms with E-state index in [-0.39, 0.29) is 0 Å². The molecule has 1 heteroatoms. The van der Waals surface area contributed by atoms with Gasteiger partial charge in [0.05, 0.1) is 0 Å². The zero-order chi connectivity index (χ0) is 12.1. The molecule has 1 aromatic rings. The van der Waals surface area contributed by atoms with Gasteiger partial charge in [-0.1, -0.05) is 31.5 Å². The quantitative estimate of drug-likeness (QED) is 0.685. The molecule has 0 atom stereocenters. The molecule has 16 heavy (non-hydrogen) atoms. The van der Waals surface area contributed by atoms with Gasteiger partial charge in [0.1, 0.15) is 0 Å². The molecule has 0 saturated heterocycles. The molecule has 0 spiro atoms. The molecular formula is C15H25N. The molecule has 0 saturated carbocycles. The molecule has 0 fully saturated rings. The van der Waals surface area contributed by atoms with Crippen LogP contribution in [0.5, 0.6) is 0 Å². The van der Waals surface area contributed by atoms with Gasteiger partial charge in [0.2, 0.25) is 0 Å². The van der Waals surface area contributed by atoms with E-state index in [9.17, 15) is 0 Å². The number of fused-ring (bicyclic) bond motifs is 1. The Hall–Kier alpha value is -0.980. The molecule has 1 aromatic carbocycles. The number of anilines is 1. The molecule has 0 aliphatic carbocycles. The van der Waals surface area contributed by atoms with Gasteiger partial charge in [-0.05, 0) is 45.2 Å². The van der Waals surface area contributed by atoms with E-state index in [4.69, 9.17) is 0 Å². The van der Waals surface area contributed by atoms with Crippen LogP contribution < -0.4 is 4.90 Å². The Kier molecular flexibility index (Phi) is 4.85. The van der Waals surface area contributed by atoms with Crippen molar-refractivity contribution in [1.29, 1.82) is 0 Å². The second-order valence-corrected chi connectivity index (χ2v) is 4.52. The van der Waals surface area contributed by atoms with Crippen LogP contribution in [0.1, 0.15) is 45.2 Å². The molecule has 0 radical (unpaired) electrons. The van der Waals surface area contributed by atoms with E-state index in [0.717, 1.165) is 0 Å². The van der Waals surface area contributed by atoms with Crippen molar-refractivity contribution in [2.24, 2.45) is 0 Å². The number of nitrogens with zero attached hydrogens (tertiary/aromatic N) is 1. The lowest BCUT2D eigenvalue weighted by molar-refractivity contribution is 0.625. The second-order valence-electron chi connectivity index (χ2n) is 4.52. The third-order valence-corrected chi connectivity index (χ3v) is 3.01. The standard InChI is InChI=1S/C13H19N.C2H6/c1-10(2)14-8-4-5-12-9-11(3)6-7-13(12)14;1-2/h6-7,9-10H,4-5,8H2,1-3H3;1-2H3. The van der Waals surface area contributed by atoms with E-state index in [0.29, 0.717) is 6.04 Å². The van der Waals surface area contributed by atoms with Crippen LogP contribution in [0, 0.1) is 6.92 Å². The van der Waals surface area contributed by atoms with Crippen LogP contribution in [-0.4, -0.2) is 12.6 Å². The fourth-order valence-electron chi connectivity index (χ4n) is 2.29. The summed E-state index contributed by atoms with van der Waals surface area (Å²) >= 11 is 0. The zero-order valence-corrected chi connectivity index (χ0v) is 11.4. The van der Waals surface area contributed by atoms with Gasteiger partial charge in [-0.2, -0.15) is 0 Å². The minimum atomic E-state index is 0.622. The van der Waals surface area contributed by atoms with Crippen molar-refractivity contribution in [3.05, 3.63) is 29.3 Å². The van der Waals surface area contributed by atoms with E-state index < -0.39 is 0 Å². The molecular weight excluding hydrogens is 194 g/mol. The summed E-state index contributed by atoms with van der Waals surface area (Å²) in [5.74, 6) is 0. The van der Waals surface area contributed by atoms with Crippen molar-refractivity contribution in [2.45, 2.75) is 53.5 Å². The molecule has 90 valence electrons. The lowest BCUT2D eigenvalue weighted by Gasteiger charge is -2.34. The van der Waals surface area contributed by atoms with Crippen molar-refractivity contribution in [3.63, 3.8) is 0 Å². The third kappa shape index (κ3) is 2.78. The van der Waals surface area contributed by atoms with E-state index in [2.05, 4.69) is 43.9 Å². The summed E-state index contributed by atoms with van der Waals surface area (Å²) in [6.07, 6.45) is 2.55. The number of rotatable bonds is 1. The third-order valence-electron chi connectivity index (χ3n) is 3.01. The molecule has 1 nitrogen and oxygen atoms in total. The van der Waals surface area contributed by atoms with Gasteiger partial charge in [0.15, 0.2) is 0 Å². The molecule has 1 aliphatic heterocycles. The Labute approximate surface area is 100 Å². The summed E-state index contributed by atoms with van der Waals surface area (Å²) in [4.78, 5) is 2.51. The van der Waals surface area contributed by atoms with Crippen LogP contribution in [0.4, 0.5) is 5.69 Å². The van der Waals surface area contributed by atoms with Gasteiger partial charge in [0, 0.05) is 18.3 Å². The summed E-state index contributed by atoms with van der Waals surface area (Å²) in [7, 11) is 0. The van der Waals surface area contributed by atoms with E-state index in [1.54, 1.807) is 0 Å². The van der Waals surface area contributed by atoms with Crippen molar-refractivity contribution in [2.75, 3.05) is 11.4 Å². The Balaban J connectivity index is 0.000000606. The van der Waals surface area contributed by atoms with E-state index >= 15 is 0 Å². The van der Waals surface area contributed by atoms with Gasteiger partial charge in [-0.3, -0.25) is 0 Å². The first kappa shape index (κ1) is 13.1. The van der Waals surface area contributed by atoms with E-state index in [1.807, 2.05) is 13.8 Å². The maximum atomic E-state index is 2.51. The largest absolute Gasteiger partial charge is 0.369 e. The lowest BCUT2D eigenvalue weighted by Crippen LogP contribution is -2.35. The van der Waals surface area contributed by atoms with Crippen LogP contribution >= 0.6 is 0 Å². The molecule has 0 amide bonds. The summed E-state index contributed by atoms with van der Waals surface area (Å²) in [6.45, 7) is 11.9. The van der Waals surface area contributed by atoms with Crippen LogP contribution in [0.2, 0.25) is 0 Å². The van der Waals surface area contributed by atoms with Crippen LogP contribution in [0.3, 0.4) is 0 Å². The van der Waals surface area contributed by atoms with Gasteiger partial charge >= 0.3 is 0 Å². The minimum Gasteiger partial charge on any atom is -0.369 e. The predicted octanol–water partition coefficient (Wildman–Crippen LogP) is 4.18. The predicted molar refractivity (Wildman–Crippen MR) is 73.3 cm³/mol. The lowest BCUT2D eigenvalue weighted by atomic mass is 9.98. The highest BCUT2D eigenvalue weighted by Gasteiger charge is 2.18. The fraction of sp³-hybridized carbons (Fsp3) is 0.600. The van der Waals surface area contributed by atoms with Crippen molar-refractivity contribution >= 4 is 5.69 Å². The Morgan fingerprint density at radius 2 is 1.88 bits per heavy atom. The van der Waals surface area contributed by atoms with E-state index in [1.165, 1.54) is 36.2 Å². The normalized spacial score (nSPS) is 14.2. The first-order valence-corrected chi connectivity index (χ1v) is 6.54. The summed E-state index contributed by atoms with van der Waals surface area (Å²) < 4.78 is 0. The van der Waals surface area contributed by atoms with Crippen LogP contribution in [0.25, 0.3) is 0 Å². The summed E-state index contributed by atoms with van der Waals surface area (Å²) in [6, 6.07) is 7.46. The second kappa shape index (κ2) is 5.93. The van der Waals surface area contributed by atoms with Gasteiger partial charge in [-0.25, -0.2) is 0 Å². The van der Waals surface area contributed by atoms with Crippen molar-refractivity contribution < 1.29 is 0 Å². The maximum Gasteiger partial charge on any atom is 0.0401 e. The van der Waals surface area contributed by atoms with Gasteiger partial charge < -0.3 is 4.90 Å². The molecule has 1 aliphatic rings. The number of hydrogen-bond acceptors (Lipinski definition) is 1. The fourth-order valence-corrected chi connectivity index (χ4v) is 2.29. The molecule has 1 heterocycles. The number of aryl methyl sites for hydroxylation is 2. The van der Waals surface area contributed by atoms with Crippen molar-refractivity contribution in [1.82, 2.24) is 0 Å². The highest BCUT2D eigenvalue weighted by Crippen LogP contribution is 2.29. The molecule has 0 aromatic heterocycles. The van der Waals surface area contributed by atoms with Gasteiger partial charge in [0.25, 0.3) is 0 Å². The average Bonchev–Trinajstić information content (AvgIpc) is 2.30. The van der Waals surface area contributed by atoms with Crippen molar-refractivity contribution in [3.8, 4) is 0 Å². The Bertz CT molecular complexity index is 328. The molecule has 2 rings (SSSR count). The number of benzene rings is 1. The smallest absolute Gasteiger partial charge is 0.0401 e. The average molecular weight is 219 g/mol. The summed E-state index contributed by atoms with van der Waals surface area (Å²) in [5.41, 5.74) is 4.37. The topological polar surface area (TPSA) is 3.24 Å². The maximum absolute atomic E-state index is 2.51. The SMILES string of the molecule is CC.Cc1ccc2c(c1)CCCN2C(C)C. The first-order valence-electron chi connectivity index (χ1n) is 6.54. The number of hydrogen-bond donors (Lipinski definition) is 0. The molecule has 0 N–H and O–H groups in total. The minimum absolute atomic E-state index is 0.622. The first-order chi connectivity index (χ1) is 7.68. The monoisotopic (exact) mass is 219 g/mol. The molecule has 0 bridgehead atoms. The Morgan fingerprint density at radius 1 is 1.19 bits per heavy atom. The molecule has 0 unspecified atom stereocenters. The highest BCUT2D eigenvalue weighted by atomic mass is 15.2. The van der Waals surface area contributed by atoms with Gasteiger partial charge in [-0.15, -0.1) is 0 Å². The Morgan fingerprint density at radius 3 is 2.50 bits per heavy atom.